The predicted octanol–water partition coefficient (Wildman–Crippen LogP) is 5.42. The van der Waals surface area contributed by atoms with Crippen molar-refractivity contribution in [3.05, 3.63) is 97.6 Å². The Hall–Kier alpha value is -2.45. The molecule has 1 unspecified atom stereocenters. The second-order valence-corrected chi connectivity index (χ2v) is 11.0. The fourth-order valence-corrected chi connectivity index (χ4v) is 5.93. The van der Waals surface area contributed by atoms with Gasteiger partial charge in [-0.3, -0.25) is 9.36 Å². The zero-order chi connectivity index (χ0) is 23.0. The zero-order valence-electron chi connectivity index (χ0n) is 17.9. The van der Waals surface area contributed by atoms with Crippen LogP contribution in [0.1, 0.15) is 35.2 Å². The number of sulfonamides is 1. The molecule has 0 saturated heterocycles. The molecule has 0 spiro atoms. The van der Waals surface area contributed by atoms with Crippen LogP contribution in [0.3, 0.4) is 0 Å². The summed E-state index contributed by atoms with van der Waals surface area (Å²) in [6, 6.07) is 17.6. The molecule has 0 amide bonds. The molecule has 1 aromatic heterocycles. The lowest BCUT2D eigenvalue weighted by Crippen LogP contribution is -2.27. The van der Waals surface area contributed by atoms with E-state index in [4.69, 9.17) is 11.6 Å². The molecular formula is C24H23ClN2O3S2. The summed E-state index contributed by atoms with van der Waals surface area (Å²) in [5.74, 6) is 0. The lowest BCUT2D eigenvalue weighted by molar-refractivity contribution is 0.567. The van der Waals surface area contributed by atoms with E-state index in [-0.39, 0.29) is 15.8 Å². The molecule has 0 aliphatic rings. The van der Waals surface area contributed by atoms with E-state index in [1.165, 1.54) is 0 Å². The molecule has 1 atom stereocenters. The van der Waals surface area contributed by atoms with Crippen molar-refractivity contribution in [3.63, 3.8) is 0 Å². The molecule has 0 fully saturated rings. The van der Waals surface area contributed by atoms with E-state index in [0.717, 1.165) is 33.6 Å². The monoisotopic (exact) mass is 486 g/mol. The first-order valence-electron chi connectivity index (χ1n) is 10.1. The van der Waals surface area contributed by atoms with Crippen LogP contribution in [0, 0.1) is 13.8 Å². The van der Waals surface area contributed by atoms with Gasteiger partial charge in [0.05, 0.1) is 21.7 Å². The van der Waals surface area contributed by atoms with Crippen LogP contribution >= 0.6 is 22.9 Å². The normalized spacial score (nSPS) is 12.9. The number of aromatic nitrogens is 1. The van der Waals surface area contributed by atoms with Crippen molar-refractivity contribution in [1.82, 2.24) is 9.29 Å². The molecule has 0 bridgehead atoms. The van der Waals surface area contributed by atoms with Crippen LogP contribution < -0.4 is 9.60 Å². The number of halogens is 1. The third kappa shape index (κ3) is 4.66. The Morgan fingerprint density at radius 1 is 1.00 bits per heavy atom. The lowest BCUT2D eigenvalue weighted by atomic mass is 10.0. The smallest absolute Gasteiger partial charge is 0.294 e. The first kappa shape index (κ1) is 22.7. The van der Waals surface area contributed by atoms with Crippen molar-refractivity contribution in [2.45, 2.75) is 38.3 Å². The topological polar surface area (TPSA) is 68.2 Å². The van der Waals surface area contributed by atoms with Gasteiger partial charge in [0.2, 0.25) is 10.0 Å². The fourth-order valence-electron chi connectivity index (χ4n) is 3.54. The molecule has 0 aliphatic heterocycles. The Labute approximate surface area is 196 Å². The van der Waals surface area contributed by atoms with Crippen LogP contribution in [0.5, 0.6) is 0 Å². The average Bonchev–Trinajstić information content (AvgIpc) is 3.05. The quantitative estimate of drug-likeness (QED) is 0.395. The Morgan fingerprint density at radius 3 is 2.41 bits per heavy atom. The molecule has 166 valence electrons. The third-order valence-corrected chi connectivity index (χ3v) is 8.30. The summed E-state index contributed by atoms with van der Waals surface area (Å²) in [5, 5.41) is 0.633. The van der Waals surface area contributed by atoms with Gasteiger partial charge in [-0.2, -0.15) is 0 Å². The van der Waals surface area contributed by atoms with Crippen molar-refractivity contribution in [2.24, 2.45) is 0 Å². The number of fused-ring (bicyclic) bond motifs is 1. The van der Waals surface area contributed by atoms with Gasteiger partial charge in [0.1, 0.15) is 0 Å². The number of benzene rings is 3. The SMILES string of the molecule is Cc1ccc(C(C)NS(=O)(=O)c2ccc3c(c2)sc(=O)n3Cc2ccc(Cl)cc2)cc1C. The lowest BCUT2D eigenvalue weighted by Gasteiger charge is -2.16. The zero-order valence-corrected chi connectivity index (χ0v) is 20.3. The van der Waals surface area contributed by atoms with Crippen LogP contribution in [0.2, 0.25) is 5.02 Å². The number of hydrogen-bond donors (Lipinski definition) is 1. The van der Waals surface area contributed by atoms with Crippen molar-refractivity contribution in [2.75, 3.05) is 0 Å². The molecule has 0 saturated carbocycles. The van der Waals surface area contributed by atoms with Gasteiger partial charge in [-0.05, 0) is 73.4 Å². The largest absolute Gasteiger partial charge is 0.308 e. The van der Waals surface area contributed by atoms with Crippen LogP contribution in [0.15, 0.2) is 70.4 Å². The number of nitrogens with one attached hydrogen (secondary N) is 1. The van der Waals surface area contributed by atoms with Crippen molar-refractivity contribution < 1.29 is 8.42 Å². The Balaban J connectivity index is 1.62. The maximum absolute atomic E-state index is 13.0. The van der Waals surface area contributed by atoms with Crippen molar-refractivity contribution >= 4 is 43.2 Å². The molecule has 0 radical (unpaired) electrons. The van der Waals surface area contributed by atoms with Gasteiger partial charge in [0, 0.05) is 11.1 Å². The molecule has 4 aromatic rings. The summed E-state index contributed by atoms with van der Waals surface area (Å²) >= 11 is 6.98. The van der Waals surface area contributed by atoms with E-state index in [0.29, 0.717) is 21.8 Å². The van der Waals surface area contributed by atoms with Crippen LogP contribution in [-0.4, -0.2) is 13.0 Å². The first-order chi connectivity index (χ1) is 15.1. The maximum atomic E-state index is 13.0. The van der Waals surface area contributed by atoms with E-state index in [2.05, 4.69) is 4.72 Å². The van der Waals surface area contributed by atoms with Crippen LogP contribution in [-0.2, 0) is 16.6 Å². The average molecular weight is 487 g/mol. The number of hydrogen-bond acceptors (Lipinski definition) is 4. The summed E-state index contributed by atoms with van der Waals surface area (Å²) in [5.41, 5.74) is 4.82. The van der Waals surface area contributed by atoms with Gasteiger partial charge in [-0.15, -0.1) is 0 Å². The fraction of sp³-hybridized carbons (Fsp3) is 0.208. The molecular weight excluding hydrogens is 464 g/mol. The molecule has 8 heteroatoms. The van der Waals surface area contributed by atoms with Gasteiger partial charge in [0.25, 0.3) is 0 Å². The third-order valence-electron chi connectivity index (χ3n) is 5.57. The minimum absolute atomic E-state index is 0.138. The number of thiazole rings is 1. The standard InChI is InChI=1S/C24H23ClN2O3S2/c1-15-4-7-19(12-16(15)2)17(3)26-32(29,30)21-10-11-22-23(13-21)31-24(28)27(22)14-18-5-8-20(25)9-6-18/h4-13,17,26H,14H2,1-3H3. The molecule has 5 nitrogen and oxygen atoms in total. The van der Waals surface area contributed by atoms with Gasteiger partial charge >= 0.3 is 4.87 Å². The van der Waals surface area contributed by atoms with Crippen molar-refractivity contribution in [3.8, 4) is 0 Å². The van der Waals surface area contributed by atoms with Gasteiger partial charge < -0.3 is 0 Å². The molecule has 3 aromatic carbocycles. The van der Waals surface area contributed by atoms with E-state index in [1.54, 1.807) is 34.9 Å². The molecule has 32 heavy (non-hydrogen) atoms. The minimum Gasteiger partial charge on any atom is -0.294 e. The van der Waals surface area contributed by atoms with E-state index < -0.39 is 10.0 Å². The van der Waals surface area contributed by atoms with E-state index in [1.807, 2.05) is 51.1 Å². The summed E-state index contributed by atoms with van der Waals surface area (Å²) in [6.45, 7) is 6.24. The summed E-state index contributed by atoms with van der Waals surface area (Å²) in [7, 11) is -3.76. The van der Waals surface area contributed by atoms with E-state index >= 15 is 0 Å². The number of aryl methyl sites for hydroxylation is 2. The second kappa shape index (κ2) is 8.83. The summed E-state index contributed by atoms with van der Waals surface area (Å²) < 4.78 is 31.1. The van der Waals surface area contributed by atoms with Gasteiger partial charge in [-0.25, -0.2) is 13.1 Å². The van der Waals surface area contributed by atoms with Gasteiger partial charge in [0.15, 0.2) is 0 Å². The van der Waals surface area contributed by atoms with Crippen LogP contribution in [0.4, 0.5) is 0 Å². The number of nitrogens with zero attached hydrogens (tertiary/aromatic N) is 1. The Bertz CT molecular complexity index is 1460. The predicted molar refractivity (Wildman–Crippen MR) is 131 cm³/mol. The highest BCUT2D eigenvalue weighted by molar-refractivity contribution is 7.89. The number of rotatable bonds is 6. The summed E-state index contributed by atoms with van der Waals surface area (Å²) in [4.78, 5) is 12.6. The Morgan fingerprint density at radius 2 is 1.72 bits per heavy atom. The molecule has 4 rings (SSSR count). The second-order valence-electron chi connectivity index (χ2n) is 7.90. The highest BCUT2D eigenvalue weighted by atomic mass is 35.5. The first-order valence-corrected chi connectivity index (χ1v) is 12.8. The molecule has 1 heterocycles. The highest BCUT2D eigenvalue weighted by Crippen LogP contribution is 2.25. The molecule has 0 aliphatic carbocycles. The maximum Gasteiger partial charge on any atom is 0.308 e. The highest BCUT2D eigenvalue weighted by Gasteiger charge is 2.20. The van der Waals surface area contributed by atoms with Crippen molar-refractivity contribution in [1.29, 1.82) is 0 Å². The van der Waals surface area contributed by atoms with Gasteiger partial charge in [-0.1, -0.05) is 53.3 Å². The van der Waals surface area contributed by atoms with Crippen LogP contribution in [0.25, 0.3) is 10.2 Å². The Kier molecular flexibility index (Phi) is 6.27. The molecule has 1 N–H and O–H groups in total. The minimum atomic E-state index is -3.76. The van der Waals surface area contributed by atoms with E-state index in [9.17, 15) is 13.2 Å². The summed E-state index contributed by atoms with van der Waals surface area (Å²) in [6.07, 6.45) is 0.